The highest BCUT2D eigenvalue weighted by atomic mass is 16.5. The van der Waals surface area contributed by atoms with Crippen molar-refractivity contribution in [3.05, 3.63) is 23.8 Å². The molecule has 0 saturated heterocycles. The minimum atomic E-state index is -0.182. The Morgan fingerprint density at radius 1 is 1.60 bits per heavy atom. The monoisotopic (exact) mass is 206 g/mol. The largest absolute Gasteiger partial charge is 0.482 e. The molecule has 0 aliphatic carbocycles. The SMILES string of the molecule is C/C(=N\O)c1ccc2c(c1)NC(=O)CO2. The predicted octanol–water partition coefficient (Wildman–Crippen LogP) is 1.22. The van der Waals surface area contributed by atoms with Crippen molar-refractivity contribution in [1.82, 2.24) is 0 Å². The number of hydrogen-bond acceptors (Lipinski definition) is 4. The van der Waals surface area contributed by atoms with Gasteiger partial charge in [-0.2, -0.15) is 0 Å². The number of carbonyl (C=O) groups excluding carboxylic acids is 1. The number of nitrogens with zero attached hydrogens (tertiary/aromatic N) is 1. The number of fused-ring (bicyclic) bond motifs is 1. The molecule has 0 spiro atoms. The second kappa shape index (κ2) is 3.61. The van der Waals surface area contributed by atoms with Gasteiger partial charge < -0.3 is 15.3 Å². The molecule has 0 bridgehead atoms. The van der Waals surface area contributed by atoms with E-state index in [0.717, 1.165) is 5.56 Å². The number of nitrogens with one attached hydrogen (secondary N) is 1. The van der Waals surface area contributed by atoms with E-state index in [1.165, 1.54) is 0 Å². The molecule has 0 radical (unpaired) electrons. The van der Waals surface area contributed by atoms with Gasteiger partial charge in [0, 0.05) is 5.56 Å². The Morgan fingerprint density at radius 3 is 3.13 bits per heavy atom. The van der Waals surface area contributed by atoms with E-state index in [0.29, 0.717) is 17.1 Å². The van der Waals surface area contributed by atoms with Crippen LogP contribution in [-0.2, 0) is 4.79 Å². The molecule has 0 saturated carbocycles. The number of ether oxygens (including phenoxy) is 1. The van der Waals surface area contributed by atoms with Crippen LogP contribution in [0.15, 0.2) is 23.4 Å². The fourth-order valence-electron chi connectivity index (χ4n) is 1.37. The Morgan fingerprint density at radius 2 is 2.40 bits per heavy atom. The van der Waals surface area contributed by atoms with E-state index in [1.54, 1.807) is 25.1 Å². The second-order valence-corrected chi connectivity index (χ2v) is 3.23. The van der Waals surface area contributed by atoms with Gasteiger partial charge in [-0.15, -0.1) is 0 Å². The van der Waals surface area contributed by atoms with Crippen molar-refractivity contribution in [2.24, 2.45) is 5.16 Å². The molecule has 1 aromatic carbocycles. The van der Waals surface area contributed by atoms with Crippen LogP contribution >= 0.6 is 0 Å². The van der Waals surface area contributed by atoms with Crippen molar-refractivity contribution >= 4 is 17.3 Å². The van der Waals surface area contributed by atoms with Crippen molar-refractivity contribution in [2.75, 3.05) is 11.9 Å². The smallest absolute Gasteiger partial charge is 0.262 e. The molecule has 0 unspecified atom stereocenters. The third-order valence-corrected chi connectivity index (χ3v) is 2.18. The maximum absolute atomic E-state index is 11.1. The molecular formula is C10H10N2O3. The number of amides is 1. The highest BCUT2D eigenvalue weighted by Gasteiger charge is 2.16. The van der Waals surface area contributed by atoms with Gasteiger partial charge in [0.05, 0.1) is 11.4 Å². The first-order valence-electron chi connectivity index (χ1n) is 4.46. The normalized spacial score (nSPS) is 15.3. The summed E-state index contributed by atoms with van der Waals surface area (Å²) in [5.74, 6) is 0.447. The lowest BCUT2D eigenvalue weighted by Gasteiger charge is -2.18. The third-order valence-electron chi connectivity index (χ3n) is 2.18. The number of benzene rings is 1. The molecule has 5 heteroatoms. The Bertz CT molecular complexity index is 440. The van der Waals surface area contributed by atoms with Crippen LogP contribution in [0.3, 0.4) is 0 Å². The van der Waals surface area contributed by atoms with Crippen molar-refractivity contribution in [1.29, 1.82) is 0 Å². The zero-order chi connectivity index (χ0) is 10.8. The van der Waals surface area contributed by atoms with Crippen LogP contribution in [0, 0.1) is 0 Å². The van der Waals surface area contributed by atoms with E-state index in [9.17, 15) is 4.79 Å². The van der Waals surface area contributed by atoms with Crippen molar-refractivity contribution < 1.29 is 14.7 Å². The summed E-state index contributed by atoms with van der Waals surface area (Å²) in [7, 11) is 0. The summed E-state index contributed by atoms with van der Waals surface area (Å²) in [4.78, 5) is 11.1. The number of oxime groups is 1. The predicted molar refractivity (Wildman–Crippen MR) is 54.6 cm³/mol. The van der Waals surface area contributed by atoms with Gasteiger partial charge in [0.25, 0.3) is 5.91 Å². The molecule has 2 N–H and O–H groups in total. The molecule has 15 heavy (non-hydrogen) atoms. The van der Waals surface area contributed by atoms with Crippen LogP contribution in [0.4, 0.5) is 5.69 Å². The van der Waals surface area contributed by atoms with Crippen LogP contribution in [0.1, 0.15) is 12.5 Å². The zero-order valence-corrected chi connectivity index (χ0v) is 8.15. The van der Waals surface area contributed by atoms with Crippen LogP contribution in [0.2, 0.25) is 0 Å². The first-order valence-corrected chi connectivity index (χ1v) is 4.46. The Kier molecular flexibility index (Phi) is 2.29. The molecule has 0 aromatic heterocycles. The average molecular weight is 206 g/mol. The highest BCUT2D eigenvalue weighted by molar-refractivity contribution is 6.01. The Labute approximate surface area is 86.4 Å². The zero-order valence-electron chi connectivity index (χ0n) is 8.15. The van der Waals surface area contributed by atoms with E-state index in [1.807, 2.05) is 0 Å². The summed E-state index contributed by atoms with van der Waals surface area (Å²) >= 11 is 0. The molecule has 0 atom stereocenters. The van der Waals surface area contributed by atoms with E-state index >= 15 is 0 Å². The summed E-state index contributed by atoms with van der Waals surface area (Å²) < 4.78 is 5.19. The molecule has 1 amide bonds. The van der Waals surface area contributed by atoms with E-state index in [2.05, 4.69) is 10.5 Å². The number of carbonyl (C=O) groups is 1. The third kappa shape index (κ3) is 1.76. The number of hydrogen-bond donors (Lipinski definition) is 2. The molecule has 1 aliphatic heterocycles. The maximum Gasteiger partial charge on any atom is 0.262 e. The highest BCUT2D eigenvalue weighted by Crippen LogP contribution is 2.28. The van der Waals surface area contributed by atoms with Gasteiger partial charge in [-0.05, 0) is 25.1 Å². The maximum atomic E-state index is 11.1. The van der Waals surface area contributed by atoms with Gasteiger partial charge in [0.15, 0.2) is 6.61 Å². The second-order valence-electron chi connectivity index (χ2n) is 3.23. The molecule has 1 aromatic rings. The van der Waals surface area contributed by atoms with Crippen LogP contribution in [-0.4, -0.2) is 23.4 Å². The fraction of sp³-hybridized carbons (Fsp3) is 0.200. The number of rotatable bonds is 1. The van der Waals surface area contributed by atoms with Gasteiger partial charge in [-0.3, -0.25) is 4.79 Å². The van der Waals surface area contributed by atoms with Crippen LogP contribution < -0.4 is 10.1 Å². The van der Waals surface area contributed by atoms with Crippen LogP contribution in [0.5, 0.6) is 5.75 Å². The van der Waals surface area contributed by atoms with Gasteiger partial charge in [0.2, 0.25) is 0 Å². The summed E-state index contributed by atoms with van der Waals surface area (Å²) in [5.41, 5.74) is 1.83. The molecule has 1 aliphatic rings. The first kappa shape index (κ1) is 9.51. The minimum absolute atomic E-state index is 0.0411. The van der Waals surface area contributed by atoms with E-state index in [-0.39, 0.29) is 12.5 Å². The van der Waals surface area contributed by atoms with Gasteiger partial charge >= 0.3 is 0 Å². The van der Waals surface area contributed by atoms with Crippen molar-refractivity contribution in [2.45, 2.75) is 6.92 Å². The van der Waals surface area contributed by atoms with E-state index < -0.39 is 0 Å². The lowest BCUT2D eigenvalue weighted by atomic mass is 10.1. The lowest BCUT2D eigenvalue weighted by molar-refractivity contribution is -0.118. The molecule has 78 valence electrons. The van der Waals surface area contributed by atoms with Crippen molar-refractivity contribution in [3.8, 4) is 5.75 Å². The fourth-order valence-corrected chi connectivity index (χ4v) is 1.37. The molecule has 2 rings (SSSR count). The molecule has 1 heterocycles. The number of anilines is 1. The van der Waals surface area contributed by atoms with Crippen LogP contribution in [0.25, 0.3) is 0 Å². The summed E-state index contributed by atoms with van der Waals surface area (Å²) in [5, 5.41) is 14.4. The van der Waals surface area contributed by atoms with E-state index in [4.69, 9.17) is 9.94 Å². The minimum Gasteiger partial charge on any atom is -0.482 e. The topological polar surface area (TPSA) is 70.9 Å². The first-order chi connectivity index (χ1) is 7.20. The van der Waals surface area contributed by atoms with Gasteiger partial charge in [-0.1, -0.05) is 5.16 Å². The van der Waals surface area contributed by atoms with Gasteiger partial charge in [0.1, 0.15) is 5.75 Å². The molecule has 5 nitrogen and oxygen atoms in total. The standard InChI is InChI=1S/C10H10N2O3/c1-6(12-14)7-2-3-9-8(4-7)11-10(13)5-15-9/h2-4,14H,5H2,1H3,(H,11,13)/b12-6+. The quantitative estimate of drug-likeness (QED) is 0.412. The summed E-state index contributed by atoms with van der Waals surface area (Å²) in [6.07, 6.45) is 0. The summed E-state index contributed by atoms with van der Waals surface area (Å²) in [6, 6.07) is 5.21. The summed E-state index contributed by atoms with van der Waals surface area (Å²) in [6.45, 7) is 1.71. The Hall–Kier alpha value is -2.04. The van der Waals surface area contributed by atoms with Gasteiger partial charge in [-0.25, -0.2) is 0 Å². The molecule has 0 fully saturated rings. The average Bonchev–Trinajstić information content (AvgIpc) is 2.27. The van der Waals surface area contributed by atoms with Crippen molar-refractivity contribution in [3.63, 3.8) is 0 Å². The lowest BCUT2D eigenvalue weighted by Crippen LogP contribution is -2.25. The Balaban J connectivity index is 2.41. The molecular weight excluding hydrogens is 196 g/mol.